The molecule has 1 unspecified atom stereocenters. The number of likely N-dealkylation sites (N-methyl/N-ethyl adjacent to an activating group) is 1. The fourth-order valence-corrected chi connectivity index (χ4v) is 1.29. The monoisotopic (exact) mass is 170 g/mol. The molecule has 4 nitrogen and oxygen atoms in total. The number of nitrogens with zero attached hydrogens (tertiary/aromatic N) is 1. The Morgan fingerprint density at radius 3 is 2.58 bits per heavy atom. The summed E-state index contributed by atoms with van der Waals surface area (Å²) in [6, 6.07) is -0.142. The molecule has 0 bridgehead atoms. The van der Waals surface area contributed by atoms with Gasteiger partial charge in [0.05, 0.1) is 6.04 Å². The molecule has 12 heavy (non-hydrogen) atoms. The maximum Gasteiger partial charge on any atom is 0.220 e. The first kappa shape index (κ1) is 9.19. The van der Waals surface area contributed by atoms with Crippen LogP contribution in [0.2, 0.25) is 0 Å². The normalized spacial score (nSPS) is 25.4. The van der Waals surface area contributed by atoms with Crippen molar-refractivity contribution in [3.05, 3.63) is 0 Å². The van der Waals surface area contributed by atoms with Crippen LogP contribution in [0.5, 0.6) is 0 Å². The predicted molar refractivity (Wildman–Crippen MR) is 44.7 cm³/mol. The van der Waals surface area contributed by atoms with Gasteiger partial charge >= 0.3 is 0 Å². The lowest BCUT2D eigenvalue weighted by atomic mass is 10.1. The number of carbonyl (C=O) groups excluding carboxylic acids is 2. The van der Waals surface area contributed by atoms with E-state index in [0.29, 0.717) is 19.4 Å². The first-order chi connectivity index (χ1) is 5.61. The van der Waals surface area contributed by atoms with Crippen molar-refractivity contribution in [1.82, 2.24) is 10.2 Å². The van der Waals surface area contributed by atoms with Gasteiger partial charge in [0.15, 0.2) is 5.78 Å². The van der Waals surface area contributed by atoms with Gasteiger partial charge in [-0.1, -0.05) is 0 Å². The van der Waals surface area contributed by atoms with Gasteiger partial charge in [0, 0.05) is 19.4 Å². The lowest BCUT2D eigenvalue weighted by molar-refractivity contribution is -0.124. The van der Waals surface area contributed by atoms with Crippen LogP contribution in [0.1, 0.15) is 12.8 Å². The van der Waals surface area contributed by atoms with Gasteiger partial charge in [0.2, 0.25) is 5.91 Å². The highest BCUT2D eigenvalue weighted by Crippen LogP contribution is 2.04. The fourth-order valence-electron chi connectivity index (χ4n) is 1.29. The average molecular weight is 170 g/mol. The van der Waals surface area contributed by atoms with Crippen LogP contribution in [0.25, 0.3) is 0 Å². The molecule has 1 atom stereocenters. The number of hydrogen-bond donors (Lipinski definition) is 1. The Kier molecular flexibility index (Phi) is 2.81. The SMILES string of the molecule is CN(C)C1CNC(=O)CCC1=O. The third-order valence-electron chi connectivity index (χ3n) is 2.09. The van der Waals surface area contributed by atoms with Gasteiger partial charge in [-0.3, -0.25) is 14.5 Å². The van der Waals surface area contributed by atoms with Gasteiger partial charge in [-0.05, 0) is 14.1 Å². The molecule has 0 aliphatic carbocycles. The maximum atomic E-state index is 11.4. The van der Waals surface area contributed by atoms with Crippen molar-refractivity contribution in [3.8, 4) is 0 Å². The summed E-state index contributed by atoms with van der Waals surface area (Å²) in [5, 5.41) is 2.70. The number of ketones is 1. The fraction of sp³-hybridized carbons (Fsp3) is 0.750. The summed E-state index contributed by atoms with van der Waals surface area (Å²) in [5.74, 6) is 0.131. The van der Waals surface area contributed by atoms with Crippen molar-refractivity contribution in [2.75, 3.05) is 20.6 Å². The summed E-state index contributed by atoms with van der Waals surface area (Å²) < 4.78 is 0. The molecule has 0 aromatic heterocycles. The molecule has 4 heteroatoms. The molecule has 0 radical (unpaired) electrons. The molecule has 1 fully saturated rings. The zero-order chi connectivity index (χ0) is 9.14. The van der Waals surface area contributed by atoms with Crippen molar-refractivity contribution >= 4 is 11.7 Å². The number of rotatable bonds is 1. The Morgan fingerprint density at radius 1 is 1.33 bits per heavy atom. The molecule has 1 aliphatic rings. The molecular formula is C8H14N2O2. The molecule has 1 heterocycles. The topological polar surface area (TPSA) is 49.4 Å². The van der Waals surface area contributed by atoms with Gasteiger partial charge in [-0.15, -0.1) is 0 Å². The highest BCUT2D eigenvalue weighted by Gasteiger charge is 2.24. The first-order valence-corrected chi connectivity index (χ1v) is 4.07. The van der Waals surface area contributed by atoms with Crippen LogP contribution in [-0.2, 0) is 9.59 Å². The van der Waals surface area contributed by atoms with Crippen LogP contribution in [0.15, 0.2) is 0 Å². The van der Waals surface area contributed by atoms with E-state index in [1.165, 1.54) is 0 Å². The summed E-state index contributed by atoms with van der Waals surface area (Å²) in [6.45, 7) is 0.449. The molecule has 1 saturated heterocycles. The van der Waals surface area contributed by atoms with Gasteiger partial charge in [-0.2, -0.15) is 0 Å². The minimum Gasteiger partial charge on any atom is -0.354 e. The molecule has 0 saturated carbocycles. The van der Waals surface area contributed by atoms with Gasteiger partial charge in [0.1, 0.15) is 0 Å². The van der Waals surface area contributed by atoms with E-state index in [1.54, 1.807) is 0 Å². The third-order valence-corrected chi connectivity index (χ3v) is 2.09. The maximum absolute atomic E-state index is 11.4. The second kappa shape index (κ2) is 3.67. The summed E-state index contributed by atoms with van der Waals surface area (Å²) in [7, 11) is 3.69. The molecule has 0 aromatic rings. The van der Waals surface area contributed by atoms with Crippen LogP contribution in [0, 0.1) is 0 Å². The zero-order valence-corrected chi connectivity index (χ0v) is 7.46. The minimum atomic E-state index is -0.142. The van der Waals surface area contributed by atoms with E-state index in [0.717, 1.165) is 0 Å². The van der Waals surface area contributed by atoms with E-state index >= 15 is 0 Å². The summed E-state index contributed by atoms with van der Waals surface area (Å²) in [4.78, 5) is 24.1. The van der Waals surface area contributed by atoms with Crippen LogP contribution in [-0.4, -0.2) is 43.3 Å². The molecule has 1 amide bonds. The van der Waals surface area contributed by atoms with Crippen LogP contribution in [0.4, 0.5) is 0 Å². The summed E-state index contributed by atoms with van der Waals surface area (Å²) >= 11 is 0. The molecular weight excluding hydrogens is 156 g/mol. The Morgan fingerprint density at radius 2 is 2.00 bits per heavy atom. The third kappa shape index (κ3) is 2.04. The Bertz CT molecular complexity index is 201. The average Bonchev–Trinajstić information content (AvgIpc) is 2.14. The standard InChI is InChI=1S/C8H14N2O2/c1-10(2)6-5-9-8(12)4-3-7(6)11/h6H,3-5H2,1-2H3,(H,9,12). The van der Waals surface area contributed by atoms with Crippen molar-refractivity contribution in [2.45, 2.75) is 18.9 Å². The van der Waals surface area contributed by atoms with Crippen LogP contribution < -0.4 is 5.32 Å². The molecule has 1 N–H and O–H groups in total. The van der Waals surface area contributed by atoms with Gasteiger partial charge in [0.25, 0.3) is 0 Å². The van der Waals surface area contributed by atoms with E-state index in [2.05, 4.69) is 5.32 Å². The van der Waals surface area contributed by atoms with Crippen LogP contribution >= 0.6 is 0 Å². The van der Waals surface area contributed by atoms with Crippen molar-refractivity contribution in [2.24, 2.45) is 0 Å². The highest BCUT2D eigenvalue weighted by atomic mass is 16.2. The molecule has 0 aromatic carbocycles. The van der Waals surface area contributed by atoms with Gasteiger partial charge in [-0.25, -0.2) is 0 Å². The quantitative estimate of drug-likeness (QED) is 0.571. The lowest BCUT2D eigenvalue weighted by Crippen LogP contribution is -2.42. The Labute approximate surface area is 71.9 Å². The van der Waals surface area contributed by atoms with Gasteiger partial charge < -0.3 is 5.32 Å². The van der Waals surface area contributed by atoms with Crippen LogP contribution in [0.3, 0.4) is 0 Å². The zero-order valence-electron chi connectivity index (χ0n) is 7.46. The summed E-state index contributed by atoms with van der Waals surface area (Å²) in [5.41, 5.74) is 0. The largest absolute Gasteiger partial charge is 0.354 e. The second-order valence-corrected chi connectivity index (χ2v) is 3.25. The number of Topliss-reactive ketones (excluding diaryl/α,β-unsaturated/α-hetero) is 1. The van der Waals surface area contributed by atoms with Crippen molar-refractivity contribution in [3.63, 3.8) is 0 Å². The minimum absolute atomic E-state index is 0.0206. The number of hydrogen-bond acceptors (Lipinski definition) is 3. The Hall–Kier alpha value is -0.900. The second-order valence-electron chi connectivity index (χ2n) is 3.25. The number of nitrogens with one attached hydrogen (secondary N) is 1. The summed E-state index contributed by atoms with van der Waals surface area (Å²) in [6.07, 6.45) is 0.706. The predicted octanol–water partition coefficient (Wildman–Crippen LogP) is -0.604. The van der Waals surface area contributed by atoms with Crippen molar-refractivity contribution < 1.29 is 9.59 Å². The molecule has 1 rings (SSSR count). The van der Waals surface area contributed by atoms with E-state index in [9.17, 15) is 9.59 Å². The van der Waals surface area contributed by atoms with E-state index in [1.807, 2.05) is 19.0 Å². The number of carbonyl (C=O) groups is 2. The molecule has 68 valence electrons. The smallest absolute Gasteiger partial charge is 0.220 e. The molecule has 1 aliphatic heterocycles. The Balaban J connectivity index is 2.62. The highest BCUT2D eigenvalue weighted by molar-refractivity contribution is 5.90. The van der Waals surface area contributed by atoms with E-state index < -0.39 is 0 Å². The lowest BCUT2D eigenvalue weighted by Gasteiger charge is -2.20. The van der Waals surface area contributed by atoms with E-state index in [4.69, 9.17) is 0 Å². The molecule has 0 spiro atoms. The van der Waals surface area contributed by atoms with E-state index in [-0.39, 0.29) is 17.7 Å². The number of amides is 1. The van der Waals surface area contributed by atoms with Crippen molar-refractivity contribution in [1.29, 1.82) is 0 Å². The first-order valence-electron chi connectivity index (χ1n) is 4.07.